The average Bonchev–Trinajstić information content (AvgIpc) is 3.20. The van der Waals surface area contributed by atoms with Gasteiger partial charge in [0, 0.05) is 25.9 Å². The summed E-state index contributed by atoms with van der Waals surface area (Å²) in [6, 6.07) is 5.09. The number of amides is 2. The van der Waals surface area contributed by atoms with Gasteiger partial charge in [-0.15, -0.1) is 0 Å². The summed E-state index contributed by atoms with van der Waals surface area (Å²) >= 11 is 0. The second kappa shape index (κ2) is 6.64. The highest BCUT2D eigenvalue weighted by atomic mass is 16.7. The normalized spacial score (nSPS) is 26.1. The van der Waals surface area contributed by atoms with Crippen molar-refractivity contribution in [1.82, 2.24) is 4.90 Å². The van der Waals surface area contributed by atoms with Crippen LogP contribution < -0.4 is 9.64 Å². The summed E-state index contributed by atoms with van der Waals surface area (Å²) in [5.74, 6) is -0.314. The summed E-state index contributed by atoms with van der Waals surface area (Å²) in [5.41, 5.74) is 1.50. The minimum Gasteiger partial charge on any atom is -0.495 e. The van der Waals surface area contributed by atoms with E-state index in [1.807, 2.05) is 19.1 Å². The van der Waals surface area contributed by atoms with Crippen molar-refractivity contribution in [1.29, 1.82) is 0 Å². The molecule has 2 amide bonds. The van der Waals surface area contributed by atoms with E-state index in [0.717, 1.165) is 18.4 Å². The van der Waals surface area contributed by atoms with Crippen molar-refractivity contribution in [3.63, 3.8) is 0 Å². The molecule has 3 heterocycles. The minimum absolute atomic E-state index is 0.178. The number of methoxy groups -OCH3 is 1. The van der Waals surface area contributed by atoms with Crippen LogP contribution in [0, 0.1) is 6.92 Å². The van der Waals surface area contributed by atoms with Gasteiger partial charge >= 0.3 is 0 Å². The zero-order valence-electron chi connectivity index (χ0n) is 15.2. The van der Waals surface area contributed by atoms with Gasteiger partial charge in [0.1, 0.15) is 5.75 Å². The molecule has 3 fully saturated rings. The molecule has 1 spiro atoms. The second-order valence-electron chi connectivity index (χ2n) is 7.11. The topological polar surface area (TPSA) is 68.3 Å². The molecule has 0 aliphatic carbocycles. The Balaban J connectivity index is 1.52. The molecular formula is C19H24N2O5. The van der Waals surface area contributed by atoms with Gasteiger partial charge in [-0.3, -0.25) is 14.5 Å². The Hall–Kier alpha value is -1.96. The predicted molar refractivity (Wildman–Crippen MR) is 94.1 cm³/mol. The molecule has 0 aromatic heterocycles. The van der Waals surface area contributed by atoms with E-state index in [1.54, 1.807) is 13.2 Å². The second-order valence-corrected chi connectivity index (χ2v) is 7.11. The number of hydrogen-bond acceptors (Lipinski definition) is 6. The Morgan fingerprint density at radius 2 is 1.85 bits per heavy atom. The summed E-state index contributed by atoms with van der Waals surface area (Å²) in [5, 5.41) is 0. The van der Waals surface area contributed by atoms with Gasteiger partial charge in [0.25, 0.3) is 5.91 Å². The van der Waals surface area contributed by atoms with Gasteiger partial charge in [0.2, 0.25) is 5.91 Å². The van der Waals surface area contributed by atoms with E-state index in [-0.39, 0.29) is 18.2 Å². The van der Waals surface area contributed by atoms with Crippen LogP contribution in [0.4, 0.5) is 5.69 Å². The summed E-state index contributed by atoms with van der Waals surface area (Å²) in [4.78, 5) is 29.1. The van der Waals surface area contributed by atoms with Crippen molar-refractivity contribution < 1.29 is 23.8 Å². The molecule has 7 heteroatoms. The number of piperidine rings is 1. The zero-order chi connectivity index (χ0) is 18.3. The number of aryl methyl sites for hydroxylation is 1. The number of nitrogens with zero attached hydrogens (tertiary/aromatic N) is 2. The van der Waals surface area contributed by atoms with Crippen LogP contribution in [0.2, 0.25) is 0 Å². The van der Waals surface area contributed by atoms with Gasteiger partial charge in [0.05, 0.1) is 38.5 Å². The van der Waals surface area contributed by atoms with Crippen LogP contribution in [-0.2, 0) is 19.1 Å². The molecule has 1 unspecified atom stereocenters. The first-order valence-electron chi connectivity index (χ1n) is 9.06. The summed E-state index contributed by atoms with van der Waals surface area (Å²) in [7, 11) is 1.54. The van der Waals surface area contributed by atoms with Crippen molar-refractivity contribution in [2.45, 2.75) is 38.0 Å². The molecule has 4 rings (SSSR count). The van der Waals surface area contributed by atoms with Gasteiger partial charge in [-0.05, 0) is 24.6 Å². The number of hydrogen-bond donors (Lipinski definition) is 0. The Labute approximate surface area is 152 Å². The number of rotatable bonds is 3. The number of benzene rings is 1. The SMILES string of the molecule is COc1ccc(C)cc1N1C(=O)CC(N2CCC3(CC2)OCCO3)C1=O. The molecule has 0 bridgehead atoms. The van der Waals surface area contributed by atoms with Gasteiger partial charge < -0.3 is 14.2 Å². The van der Waals surface area contributed by atoms with E-state index < -0.39 is 11.8 Å². The van der Waals surface area contributed by atoms with Crippen LogP contribution in [0.1, 0.15) is 24.8 Å². The maximum Gasteiger partial charge on any atom is 0.251 e. The van der Waals surface area contributed by atoms with Gasteiger partial charge in [-0.2, -0.15) is 0 Å². The van der Waals surface area contributed by atoms with Crippen LogP contribution in [0.3, 0.4) is 0 Å². The molecule has 3 saturated heterocycles. The molecule has 26 heavy (non-hydrogen) atoms. The fourth-order valence-electron chi connectivity index (χ4n) is 4.09. The lowest BCUT2D eigenvalue weighted by molar-refractivity contribution is -0.188. The fraction of sp³-hybridized carbons (Fsp3) is 0.579. The molecule has 1 aromatic carbocycles. The third-order valence-corrected chi connectivity index (χ3v) is 5.51. The van der Waals surface area contributed by atoms with Crippen molar-refractivity contribution in [3.8, 4) is 5.75 Å². The predicted octanol–water partition coefficient (Wildman–Crippen LogP) is 1.47. The fourth-order valence-corrected chi connectivity index (χ4v) is 4.09. The number of carbonyl (C=O) groups excluding carboxylic acids is 2. The number of anilines is 1. The number of carbonyl (C=O) groups is 2. The van der Waals surface area contributed by atoms with Crippen LogP contribution in [-0.4, -0.2) is 62.0 Å². The first-order chi connectivity index (χ1) is 12.5. The lowest BCUT2D eigenvalue weighted by atomic mass is 10.0. The first-order valence-corrected chi connectivity index (χ1v) is 9.06. The minimum atomic E-state index is -0.485. The number of likely N-dealkylation sites (tertiary alicyclic amines) is 1. The Morgan fingerprint density at radius 1 is 1.15 bits per heavy atom. The van der Waals surface area contributed by atoms with Crippen LogP contribution in [0.15, 0.2) is 18.2 Å². The van der Waals surface area contributed by atoms with Crippen LogP contribution >= 0.6 is 0 Å². The summed E-state index contributed by atoms with van der Waals surface area (Å²) < 4.78 is 16.9. The average molecular weight is 360 g/mol. The highest BCUT2D eigenvalue weighted by Crippen LogP contribution is 2.37. The van der Waals surface area contributed by atoms with E-state index in [2.05, 4.69) is 4.90 Å². The smallest absolute Gasteiger partial charge is 0.251 e. The molecule has 1 aromatic rings. The molecule has 140 valence electrons. The van der Waals surface area contributed by atoms with Crippen molar-refractivity contribution >= 4 is 17.5 Å². The number of imide groups is 1. The summed E-state index contributed by atoms with van der Waals surface area (Å²) in [6.45, 7) is 4.55. The molecule has 0 radical (unpaired) electrons. The monoisotopic (exact) mass is 360 g/mol. The third kappa shape index (κ3) is 2.90. The quantitative estimate of drug-likeness (QED) is 0.761. The van der Waals surface area contributed by atoms with Crippen molar-refractivity contribution in [2.75, 3.05) is 38.3 Å². The first kappa shape index (κ1) is 17.5. The van der Waals surface area contributed by atoms with Crippen LogP contribution in [0.5, 0.6) is 5.75 Å². The molecule has 3 aliphatic rings. The lowest BCUT2D eigenvalue weighted by Crippen LogP contribution is -2.51. The molecule has 0 N–H and O–H groups in total. The molecular weight excluding hydrogens is 336 g/mol. The van der Waals surface area contributed by atoms with Crippen LogP contribution in [0.25, 0.3) is 0 Å². The van der Waals surface area contributed by atoms with Crippen molar-refractivity contribution in [3.05, 3.63) is 23.8 Å². The van der Waals surface area contributed by atoms with E-state index >= 15 is 0 Å². The Morgan fingerprint density at radius 3 is 2.50 bits per heavy atom. The highest BCUT2D eigenvalue weighted by molar-refractivity contribution is 6.23. The summed E-state index contributed by atoms with van der Waals surface area (Å²) in [6.07, 6.45) is 1.64. The molecule has 0 saturated carbocycles. The largest absolute Gasteiger partial charge is 0.495 e. The Kier molecular flexibility index (Phi) is 4.46. The number of ether oxygens (including phenoxy) is 3. The third-order valence-electron chi connectivity index (χ3n) is 5.51. The lowest BCUT2D eigenvalue weighted by Gasteiger charge is -2.39. The van der Waals surface area contributed by atoms with Gasteiger partial charge in [-0.1, -0.05) is 6.07 Å². The van der Waals surface area contributed by atoms with E-state index in [1.165, 1.54) is 4.90 Å². The highest BCUT2D eigenvalue weighted by Gasteiger charge is 2.47. The van der Waals surface area contributed by atoms with Crippen molar-refractivity contribution in [2.24, 2.45) is 0 Å². The van der Waals surface area contributed by atoms with E-state index in [0.29, 0.717) is 37.7 Å². The molecule has 7 nitrogen and oxygen atoms in total. The van der Waals surface area contributed by atoms with Gasteiger partial charge in [-0.25, -0.2) is 4.90 Å². The van der Waals surface area contributed by atoms with E-state index in [9.17, 15) is 9.59 Å². The molecule has 3 aliphatic heterocycles. The Bertz CT molecular complexity index is 719. The maximum atomic E-state index is 13.1. The molecule has 1 atom stereocenters. The van der Waals surface area contributed by atoms with Gasteiger partial charge in [0.15, 0.2) is 5.79 Å². The van der Waals surface area contributed by atoms with E-state index in [4.69, 9.17) is 14.2 Å². The maximum absolute atomic E-state index is 13.1. The zero-order valence-corrected chi connectivity index (χ0v) is 15.2. The standard InChI is InChI=1S/C19H24N2O5/c1-13-3-4-16(24-2)14(11-13)21-17(22)12-15(18(21)23)20-7-5-19(6-8-20)25-9-10-26-19/h3-4,11,15H,5-10,12H2,1-2H3.